The first-order valence-corrected chi connectivity index (χ1v) is 6.95. The predicted octanol–water partition coefficient (Wildman–Crippen LogP) is 2.94. The van der Waals surface area contributed by atoms with Crippen molar-refractivity contribution in [3.63, 3.8) is 0 Å². The number of halogens is 2. The number of thioether (sulfide) groups is 1. The van der Waals surface area contributed by atoms with Gasteiger partial charge in [-0.05, 0) is 44.2 Å². The maximum atomic E-state index is 12.2. The highest BCUT2D eigenvalue weighted by molar-refractivity contribution is 7.99. The molecule has 0 bridgehead atoms. The number of benzene rings is 1. The van der Waals surface area contributed by atoms with Crippen LogP contribution in [0.1, 0.15) is 13.3 Å². The van der Waals surface area contributed by atoms with Gasteiger partial charge in [0.2, 0.25) is 5.91 Å². The monoisotopic (exact) mass is 286 g/mol. The number of alkyl halides is 2. The fraction of sp³-hybridized carbons (Fsp3) is 0.462. The molecule has 0 saturated carbocycles. The first kappa shape index (κ1) is 14.3. The second-order valence-corrected chi connectivity index (χ2v) is 5.91. The lowest BCUT2D eigenvalue weighted by molar-refractivity contribution is -0.123. The summed E-state index contributed by atoms with van der Waals surface area (Å²) in [6.07, 6.45) is 0.804. The van der Waals surface area contributed by atoms with E-state index in [2.05, 4.69) is 10.6 Å². The molecule has 1 aliphatic heterocycles. The molecule has 1 atom stereocenters. The van der Waals surface area contributed by atoms with Crippen molar-refractivity contribution in [1.82, 2.24) is 5.32 Å². The fourth-order valence-corrected chi connectivity index (χ4v) is 2.51. The topological polar surface area (TPSA) is 41.1 Å². The van der Waals surface area contributed by atoms with Gasteiger partial charge >= 0.3 is 0 Å². The maximum absolute atomic E-state index is 12.2. The molecule has 1 fully saturated rings. The van der Waals surface area contributed by atoms with Crippen molar-refractivity contribution in [1.29, 1.82) is 0 Å². The van der Waals surface area contributed by atoms with E-state index in [1.54, 1.807) is 24.3 Å². The van der Waals surface area contributed by atoms with Crippen molar-refractivity contribution in [2.75, 3.05) is 18.4 Å². The van der Waals surface area contributed by atoms with Gasteiger partial charge in [-0.1, -0.05) is 11.8 Å². The molecule has 3 nitrogen and oxygen atoms in total. The number of nitrogens with one attached hydrogen (secondary N) is 2. The van der Waals surface area contributed by atoms with E-state index in [1.165, 1.54) is 0 Å². The maximum Gasteiger partial charge on any atom is 0.288 e. The Morgan fingerprint density at radius 3 is 2.63 bits per heavy atom. The van der Waals surface area contributed by atoms with Crippen LogP contribution in [-0.2, 0) is 4.79 Å². The smallest absolute Gasteiger partial charge is 0.288 e. The zero-order chi connectivity index (χ0) is 13.9. The first-order chi connectivity index (χ1) is 8.99. The Bertz CT molecular complexity index is 444. The highest BCUT2D eigenvalue weighted by atomic mass is 32.2. The van der Waals surface area contributed by atoms with Crippen LogP contribution in [0.25, 0.3) is 0 Å². The second kappa shape index (κ2) is 5.88. The van der Waals surface area contributed by atoms with Crippen LogP contribution < -0.4 is 10.6 Å². The highest BCUT2D eigenvalue weighted by Crippen LogP contribution is 2.28. The van der Waals surface area contributed by atoms with Crippen LogP contribution in [0, 0.1) is 5.41 Å². The van der Waals surface area contributed by atoms with E-state index in [4.69, 9.17) is 0 Å². The lowest BCUT2D eigenvalue weighted by atomic mass is 9.89. The molecule has 1 aliphatic rings. The molecule has 0 aliphatic carbocycles. The average molecular weight is 286 g/mol. The molecule has 1 aromatic rings. The zero-order valence-corrected chi connectivity index (χ0v) is 11.4. The molecule has 1 saturated heterocycles. The Labute approximate surface area is 115 Å². The van der Waals surface area contributed by atoms with Gasteiger partial charge in [0.25, 0.3) is 5.76 Å². The molecule has 0 aromatic heterocycles. The van der Waals surface area contributed by atoms with Gasteiger partial charge in [0, 0.05) is 17.1 Å². The van der Waals surface area contributed by atoms with E-state index in [0.29, 0.717) is 28.9 Å². The average Bonchev–Trinajstić information content (AvgIpc) is 2.79. The van der Waals surface area contributed by atoms with Crippen molar-refractivity contribution < 1.29 is 13.6 Å². The van der Waals surface area contributed by atoms with E-state index >= 15 is 0 Å². The largest absolute Gasteiger partial charge is 0.326 e. The Hall–Kier alpha value is -1.14. The number of carbonyl (C=O) groups excluding carboxylic acids is 1. The molecule has 104 valence electrons. The Morgan fingerprint density at radius 1 is 1.42 bits per heavy atom. The van der Waals surface area contributed by atoms with Crippen molar-refractivity contribution in [2.24, 2.45) is 5.41 Å². The number of rotatable bonds is 4. The van der Waals surface area contributed by atoms with Crippen LogP contribution >= 0.6 is 11.8 Å². The van der Waals surface area contributed by atoms with Crippen LogP contribution in [0.4, 0.5) is 14.5 Å². The van der Waals surface area contributed by atoms with Crippen LogP contribution in [0.15, 0.2) is 29.2 Å². The minimum Gasteiger partial charge on any atom is -0.326 e. The number of hydrogen-bond donors (Lipinski definition) is 2. The Kier molecular flexibility index (Phi) is 4.42. The molecule has 1 amide bonds. The van der Waals surface area contributed by atoms with Crippen molar-refractivity contribution in [3.8, 4) is 0 Å². The normalized spacial score (nSPS) is 22.7. The third-order valence-corrected chi connectivity index (χ3v) is 3.98. The van der Waals surface area contributed by atoms with E-state index < -0.39 is 11.2 Å². The molecule has 1 unspecified atom stereocenters. The molecule has 0 spiro atoms. The van der Waals surface area contributed by atoms with Gasteiger partial charge in [-0.3, -0.25) is 4.79 Å². The summed E-state index contributed by atoms with van der Waals surface area (Å²) in [4.78, 5) is 12.6. The van der Waals surface area contributed by atoms with Gasteiger partial charge in [-0.15, -0.1) is 0 Å². The third kappa shape index (κ3) is 3.67. The first-order valence-electron chi connectivity index (χ1n) is 6.07. The van der Waals surface area contributed by atoms with E-state index in [9.17, 15) is 13.6 Å². The SMILES string of the molecule is CC1(C(=O)Nc2ccc(SC(F)F)cc2)CCNC1. The zero-order valence-electron chi connectivity index (χ0n) is 10.6. The summed E-state index contributed by atoms with van der Waals surface area (Å²) in [7, 11) is 0. The number of anilines is 1. The minimum absolute atomic E-state index is 0.0354. The molecular weight excluding hydrogens is 270 g/mol. The quantitative estimate of drug-likeness (QED) is 0.836. The fourth-order valence-electron chi connectivity index (χ4n) is 2.01. The van der Waals surface area contributed by atoms with Crippen molar-refractivity contribution in [2.45, 2.75) is 24.0 Å². The highest BCUT2D eigenvalue weighted by Gasteiger charge is 2.36. The van der Waals surface area contributed by atoms with Gasteiger partial charge in [-0.25, -0.2) is 0 Å². The van der Waals surface area contributed by atoms with E-state index in [1.807, 2.05) is 6.92 Å². The molecular formula is C13H16F2N2OS. The summed E-state index contributed by atoms with van der Waals surface area (Å²) in [5.74, 6) is -2.46. The van der Waals surface area contributed by atoms with E-state index in [-0.39, 0.29) is 5.91 Å². The molecule has 0 radical (unpaired) electrons. The minimum atomic E-state index is -2.43. The molecule has 1 aromatic carbocycles. The van der Waals surface area contributed by atoms with Crippen LogP contribution in [0.2, 0.25) is 0 Å². The van der Waals surface area contributed by atoms with Crippen molar-refractivity contribution in [3.05, 3.63) is 24.3 Å². The van der Waals surface area contributed by atoms with Crippen molar-refractivity contribution >= 4 is 23.4 Å². The second-order valence-electron chi connectivity index (χ2n) is 4.84. The lowest BCUT2D eigenvalue weighted by Crippen LogP contribution is -2.35. The van der Waals surface area contributed by atoms with Gasteiger partial charge in [0.15, 0.2) is 0 Å². The summed E-state index contributed by atoms with van der Waals surface area (Å²) in [5, 5.41) is 5.99. The standard InChI is InChI=1S/C13H16F2N2OS/c1-13(6-7-16-8-13)11(18)17-9-2-4-10(5-3-9)19-12(14)15/h2-5,12,16H,6-8H2,1H3,(H,17,18). The number of amides is 1. The van der Waals surface area contributed by atoms with Gasteiger partial charge in [0.1, 0.15) is 0 Å². The summed E-state index contributed by atoms with van der Waals surface area (Å²) in [5.41, 5.74) is 0.243. The molecule has 2 N–H and O–H groups in total. The van der Waals surface area contributed by atoms with Crippen LogP contribution in [0.5, 0.6) is 0 Å². The van der Waals surface area contributed by atoms with Gasteiger partial charge in [0.05, 0.1) is 5.41 Å². The lowest BCUT2D eigenvalue weighted by Gasteiger charge is -2.21. The third-order valence-electron chi connectivity index (χ3n) is 3.25. The molecule has 2 rings (SSSR count). The number of hydrogen-bond acceptors (Lipinski definition) is 3. The number of carbonyl (C=O) groups is 1. The Morgan fingerprint density at radius 2 is 2.11 bits per heavy atom. The summed E-state index contributed by atoms with van der Waals surface area (Å²) in [6.45, 7) is 3.43. The van der Waals surface area contributed by atoms with Crippen LogP contribution in [0.3, 0.4) is 0 Å². The predicted molar refractivity (Wildman–Crippen MR) is 72.5 cm³/mol. The van der Waals surface area contributed by atoms with Gasteiger partial charge < -0.3 is 10.6 Å². The summed E-state index contributed by atoms with van der Waals surface area (Å²) in [6, 6.07) is 6.46. The molecule has 6 heteroatoms. The summed E-state index contributed by atoms with van der Waals surface area (Å²) < 4.78 is 24.3. The molecule has 1 heterocycles. The van der Waals surface area contributed by atoms with Crippen LogP contribution in [-0.4, -0.2) is 24.8 Å². The Balaban J connectivity index is 1.97. The summed E-state index contributed by atoms with van der Waals surface area (Å²) >= 11 is 0.495. The van der Waals surface area contributed by atoms with E-state index in [0.717, 1.165) is 13.0 Å². The molecule has 19 heavy (non-hydrogen) atoms. The van der Waals surface area contributed by atoms with Gasteiger partial charge in [-0.2, -0.15) is 8.78 Å².